The van der Waals surface area contributed by atoms with E-state index in [1.807, 2.05) is 23.8 Å². The van der Waals surface area contributed by atoms with E-state index in [0.29, 0.717) is 11.6 Å². The Morgan fingerprint density at radius 2 is 2.04 bits per heavy atom. The van der Waals surface area contributed by atoms with Crippen LogP contribution in [0.25, 0.3) is 11.3 Å². The van der Waals surface area contributed by atoms with Crippen molar-refractivity contribution in [2.24, 2.45) is 5.73 Å². The van der Waals surface area contributed by atoms with Gasteiger partial charge in [0.1, 0.15) is 6.04 Å². The normalized spacial score (nSPS) is 11.8. The molecule has 0 radical (unpaired) electrons. The van der Waals surface area contributed by atoms with Crippen molar-refractivity contribution in [1.29, 1.82) is 0 Å². The van der Waals surface area contributed by atoms with Crippen LogP contribution < -0.4 is 16.4 Å². The van der Waals surface area contributed by atoms with E-state index < -0.39 is 12.1 Å². The van der Waals surface area contributed by atoms with Gasteiger partial charge in [0, 0.05) is 10.9 Å². The zero-order valence-corrected chi connectivity index (χ0v) is 15.9. The Balaban J connectivity index is 2.04. The van der Waals surface area contributed by atoms with E-state index in [0.717, 1.165) is 23.4 Å². The van der Waals surface area contributed by atoms with E-state index in [4.69, 9.17) is 5.73 Å². The summed E-state index contributed by atoms with van der Waals surface area (Å²) in [5.74, 6) is 0.431. The number of urea groups is 1. The van der Waals surface area contributed by atoms with Crippen molar-refractivity contribution in [2.75, 3.05) is 17.3 Å². The molecular formula is C17H22N4O2S2. The van der Waals surface area contributed by atoms with Crippen LogP contribution in [-0.2, 0) is 11.2 Å². The minimum atomic E-state index is -0.711. The molecule has 1 heterocycles. The summed E-state index contributed by atoms with van der Waals surface area (Å²) in [6, 6.07) is 6.81. The van der Waals surface area contributed by atoms with Gasteiger partial charge in [0.15, 0.2) is 5.13 Å². The maximum atomic E-state index is 12.4. The van der Waals surface area contributed by atoms with Crippen LogP contribution in [0.4, 0.5) is 9.93 Å². The number of nitrogens with zero attached hydrogens (tertiary/aromatic N) is 1. The molecule has 0 aliphatic rings. The van der Waals surface area contributed by atoms with Crippen LogP contribution in [0.3, 0.4) is 0 Å². The molecule has 0 saturated carbocycles. The largest absolute Gasteiger partial charge is 0.352 e. The third-order valence-corrected chi connectivity index (χ3v) is 5.04. The third-order valence-electron chi connectivity index (χ3n) is 3.64. The lowest BCUT2D eigenvalue weighted by molar-refractivity contribution is -0.117. The summed E-state index contributed by atoms with van der Waals surface area (Å²) in [5, 5.41) is 7.63. The van der Waals surface area contributed by atoms with Crippen LogP contribution in [-0.4, -0.2) is 35.0 Å². The van der Waals surface area contributed by atoms with Gasteiger partial charge < -0.3 is 16.4 Å². The second kappa shape index (κ2) is 9.43. The lowest BCUT2D eigenvalue weighted by atomic mass is 10.1. The first-order valence-electron chi connectivity index (χ1n) is 7.94. The van der Waals surface area contributed by atoms with Gasteiger partial charge in [-0.3, -0.25) is 4.79 Å². The van der Waals surface area contributed by atoms with Gasteiger partial charge in [-0.2, -0.15) is 11.8 Å². The third kappa shape index (κ3) is 5.75. The SMILES string of the molecule is CCc1ccc(-c2csc(NC(=O)C(CCSC)NC(N)=O)n2)cc1. The molecule has 1 unspecified atom stereocenters. The summed E-state index contributed by atoms with van der Waals surface area (Å²) >= 11 is 2.95. The number of aromatic nitrogens is 1. The molecule has 8 heteroatoms. The maximum absolute atomic E-state index is 12.4. The fraction of sp³-hybridized carbons (Fsp3) is 0.353. The fourth-order valence-corrected chi connectivity index (χ4v) is 3.44. The number of hydrogen-bond acceptors (Lipinski definition) is 5. The number of amides is 3. The number of nitrogens with one attached hydrogen (secondary N) is 2. The number of carbonyl (C=O) groups excluding carboxylic acids is 2. The van der Waals surface area contributed by atoms with E-state index in [-0.39, 0.29) is 5.91 Å². The Bertz CT molecular complexity index is 716. The van der Waals surface area contributed by atoms with E-state index >= 15 is 0 Å². The Hall–Kier alpha value is -2.06. The van der Waals surface area contributed by atoms with Gasteiger partial charge >= 0.3 is 6.03 Å². The van der Waals surface area contributed by atoms with Gasteiger partial charge in [-0.25, -0.2) is 9.78 Å². The van der Waals surface area contributed by atoms with Crippen LogP contribution in [0.5, 0.6) is 0 Å². The number of primary amides is 1. The molecule has 3 amide bonds. The summed E-state index contributed by atoms with van der Waals surface area (Å²) in [7, 11) is 0. The summed E-state index contributed by atoms with van der Waals surface area (Å²) in [6.45, 7) is 2.11. The Morgan fingerprint density at radius 1 is 1.32 bits per heavy atom. The van der Waals surface area contributed by atoms with Gasteiger partial charge in [-0.05, 0) is 30.4 Å². The van der Waals surface area contributed by atoms with Crippen LogP contribution in [0, 0.1) is 0 Å². The molecule has 2 aromatic rings. The number of hydrogen-bond donors (Lipinski definition) is 3. The van der Waals surface area contributed by atoms with Gasteiger partial charge in [-0.1, -0.05) is 31.2 Å². The van der Waals surface area contributed by atoms with E-state index in [1.54, 1.807) is 11.8 Å². The molecule has 0 saturated heterocycles. The Morgan fingerprint density at radius 3 is 2.64 bits per heavy atom. The summed E-state index contributed by atoms with van der Waals surface area (Å²) in [4.78, 5) is 27.9. The molecule has 4 N–H and O–H groups in total. The molecule has 0 bridgehead atoms. The second-order valence-corrected chi connectivity index (χ2v) is 7.26. The molecule has 0 aliphatic carbocycles. The van der Waals surface area contributed by atoms with Crippen molar-refractivity contribution in [1.82, 2.24) is 10.3 Å². The number of thioether (sulfide) groups is 1. The molecule has 1 atom stereocenters. The van der Waals surface area contributed by atoms with Crippen molar-refractivity contribution < 1.29 is 9.59 Å². The monoisotopic (exact) mass is 378 g/mol. The van der Waals surface area contributed by atoms with E-state index in [9.17, 15) is 9.59 Å². The quantitative estimate of drug-likeness (QED) is 0.657. The highest BCUT2D eigenvalue weighted by Gasteiger charge is 2.20. The summed E-state index contributed by atoms with van der Waals surface area (Å²) < 4.78 is 0. The first-order chi connectivity index (χ1) is 12.0. The standard InChI is InChI=1S/C17H22N4O2S2/c1-3-11-4-6-12(7-5-11)14-10-25-17(20-14)21-15(22)13(8-9-24-2)19-16(18)23/h4-7,10,13H,3,8-9H2,1-2H3,(H3,18,19,23)(H,20,21,22). The van der Waals surface area contributed by atoms with Crippen LogP contribution in [0.15, 0.2) is 29.6 Å². The highest BCUT2D eigenvalue weighted by Crippen LogP contribution is 2.25. The van der Waals surface area contributed by atoms with Crippen LogP contribution >= 0.6 is 23.1 Å². The number of carbonyl (C=O) groups is 2. The highest BCUT2D eigenvalue weighted by molar-refractivity contribution is 7.98. The number of anilines is 1. The first kappa shape index (κ1) is 19.3. The first-order valence-corrected chi connectivity index (χ1v) is 10.2. The zero-order chi connectivity index (χ0) is 18.2. The van der Waals surface area contributed by atoms with Gasteiger partial charge in [0.05, 0.1) is 5.69 Å². The second-order valence-electron chi connectivity index (χ2n) is 5.42. The van der Waals surface area contributed by atoms with E-state index in [1.165, 1.54) is 16.9 Å². The average Bonchev–Trinajstić information content (AvgIpc) is 3.06. The molecule has 1 aromatic heterocycles. The van der Waals surface area contributed by atoms with Crippen molar-refractivity contribution in [3.05, 3.63) is 35.2 Å². The minimum Gasteiger partial charge on any atom is -0.352 e. The van der Waals surface area contributed by atoms with Gasteiger partial charge in [0.2, 0.25) is 5.91 Å². The van der Waals surface area contributed by atoms with Crippen molar-refractivity contribution in [2.45, 2.75) is 25.8 Å². The molecule has 134 valence electrons. The van der Waals surface area contributed by atoms with Crippen molar-refractivity contribution in [3.8, 4) is 11.3 Å². The zero-order valence-electron chi connectivity index (χ0n) is 14.2. The summed E-state index contributed by atoms with van der Waals surface area (Å²) in [5.41, 5.74) is 8.23. The Kier molecular flexibility index (Phi) is 7.27. The number of thiazole rings is 1. The molecule has 0 spiro atoms. The highest BCUT2D eigenvalue weighted by atomic mass is 32.2. The number of aryl methyl sites for hydroxylation is 1. The number of nitrogens with two attached hydrogens (primary N) is 1. The van der Waals surface area contributed by atoms with Gasteiger partial charge in [-0.15, -0.1) is 11.3 Å². The predicted molar refractivity (Wildman–Crippen MR) is 105 cm³/mol. The number of rotatable bonds is 8. The van der Waals surface area contributed by atoms with Gasteiger partial charge in [0.25, 0.3) is 0 Å². The molecule has 0 fully saturated rings. The minimum absolute atomic E-state index is 0.310. The lowest BCUT2D eigenvalue weighted by Gasteiger charge is -2.15. The van der Waals surface area contributed by atoms with E-state index in [2.05, 4.69) is 34.7 Å². The van der Waals surface area contributed by atoms with Crippen LogP contribution in [0.1, 0.15) is 18.9 Å². The van der Waals surface area contributed by atoms with Crippen LogP contribution in [0.2, 0.25) is 0 Å². The predicted octanol–water partition coefficient (Wildman–Crippen LogP) is 3.10. The van der Waals surface area contributed by atoms with Crippen molar-refractivity contribution >= 4 is 40.2 Å². The molecular weight excluding hydrogens is 356 g/mol. The molecule has 6 nitrogen and oxygen atoms in total. The fourth-order valence-electron chi connectivity index (χ4n) is 2.24. The molecule has 0 aliphatic heterocycles. The molecule has 1 aromatic carbocycles. The van der Waals surface area contributed by atoms with Crippen molar-refractivity contribution in [3.63, 3.8) is 0 Å². The topological polar surface area (TPSA) is 97.1 Å². The maximum Gasteiger partial charge on any atom is 0.312 e. The molecule has 25 heavy (non-hydrogen) atoms. The Labute approximate surface area is 155 Å². The average molecular weight is 379 g/mol. The smallest absolute Gasteiger partial charge is 0.312 e. The summed E-state index contributed by atoms with van der Waals surface area (Å²) in [6.07, 6.45) is 3.44. The lowest BCUT2D eigenvalue weighted by Crippen LogP contribution is -2.46. The molecule has 2 rings (SSSR count). The number of benzene rings is 1.